The number of hydrogen-bond acceptors (Lipinski definition) is 3. The number of pyridine rings is 1. The number of aliphatic hydroxyl groups excluding tert-OH is 1. The molecule has 0 aliphatic carbocycles. The van der Waals surface area contributed by atoms with Gasteiger partial charge in [-0.1, -0.05) is 6.07 Å². The van der Waals surface area contributed by atoms with Gasteiger partial charge in [0.2, 0.25) is 0 Å². The van der Waals surface area contributed by atoms with Gasteiger partial charge in [-0.25, -0.2) is 4.39 Å². The zero-order valence-corrected chi connectivity index (χ0v) is 9.58. The quantitative estimate of drug-likeness (QED) is 0.840. The van der Waals surface area contributed by atoms with E-state index in [1.54, 1.807) is 18.5 Å². The molecule has 92 valence electrons. The Kier molecular flexibility index (Phi) is 2.72. The zero-order chi connectivity index (χ0) is 12.5. The summed E-state index contributed by atoms with van der Waals surface area (Å²) in [5.74, 6) is 0.0374. The number of rotatable bonds is 1. The van der Waals surface area contributed by atoms with Crippen molar-refractivity contribution in [2.24, 2.45) is 0 Å². The number of halogens is 1. The Balaban J connectivity index is 1.96. The molecule has 0 saturated carbocycles. The van der Waals surface area contributed by atoms with Crippen LogP contribution in [0.1, 0.15) is 29.8 Å². The highest BCUT2D eigenvalue weighted by Crippen LogP contribution is 2.40. The molecular formula is C14H12FNO2. The van der Waals surface area contributed by atoms with E-state index in [9.17, 15) is 9.50 Å². The van der Waals surface area contributed by atoms with E-state index in [1.165, 1.54) is 12.1 Å². The summed E-state index contributed by atoms with van der Waals surface area (Å²) in [6.07, 6.45) is 2.89. The summed E-state index contributed by atoms with van der Waals surface area (Å²) in [6, 6.07) is 7.90. The molecule has 1 aliphatic heterocycles. The summed E-state index contributed by atoms with van der Waals surface area (Å²) in [5, 5.41) is 10.1. The number of hydrogen-bond donors (Lipinski definition) is 1. The standard InChI is InChI=1S/C14H12FNO2/c15-10-3-4-11-12(17)7-13(18-14(11)6-10)9-2-1-5-16-8-9/h1-6,8,12-13,17H,7H2. The minimum Gasteiger partial charge on any atom is -0.485 e. The topological polar surface area (TPSA) is 42.4 Å². The van der Waals surface area contributed by atoms with Crippen molar-refractivity contribution >= 4 is 0 Å². The van der Waals surface area contributed by atoms with Crippen molar-refractivity contribution in [1.29, 1.82) is 0 Å². The molecule has 0 bridgehead atoms. The van der Waals surface area contributed by atoms with Crippen LogP contribution in [0.5, 0.6) is 5.75 Å². The third kappa shape index (κ3) is 1.95. The van der Waals surface area contributed by atoms with Crippen molar-refractivity contribution in [2.45, 2.75) is 18.6 Å². The Bertz CT molecular complexity index is 559. The minimum absolute atomic E-state index is 0.289. The fourth-order valence-electron chi connectivity index (χ4n) is 2.19. The summed E-state index contributed by atoms with van der Waals surface area (Å²) < 4.78 is 18.9. The molecule has 2 unspecified atom stereocenters. The maximum atomic E-state index is 13.2. The molecule has 0 fully saturated rings. The van der Waals surface area contributed by atoms with Crippen LogP contribution in [-0.2, 0) is 0 Å². The third-order valence-electron chi connectivity index (χ3n) is 3.10. The summed E-state index contributed by atoms with van der Waals surface area (Å²) in [4.78, 5) is 4.02. The zero-order valence-electron chi connectivity index (χ0n) is 9.58. The normalized spacial score (nSPS) is 22.1. The molecule has 1 aromatic heterocycles. The molecule has 0 spiro atoms. The van der Waals surface area contributed by atoms with Crippen molar-refractivity contribution in [3.05, 3.63) is 59.7 Å². The molecule has 0 saturated heterocycles. The minimum atomic E-state index is -0.639. The second kappa shape index (κ2) is 4.38. The van der Waals surface area contributed by atoms with E-state index in [2.05, 4.69) is 4.98 Å². The van der Waals surface area contributed by atoms with Gasteiger partial charge < -0.3 is 9.84 Å². The monoisotopic (exact) mass is 245 g/mol. The van der Waals surface area contributed by atoms with Crippen LogP contribution < -0.4 is 4.74 Å². The fourth-order valence-corrected chi connectivity index (χ4v) is 2.19. The molecule has 4 heteroatoms. The van der Waals surface area contributed by atoms with E-state index in [0.29, 0.717) is 17.7 Å². The first-order valence-electron chi connectivity index (χ1n) is 5.78. The van der Waals surface area contributed by atoms with Gasteiger partial charge >= 0.3 is 0 Å². The molecule has 1 aromatic carbocycles. The van der Waals surface area contributed by atoms with Gasteiger partial charge in [0.05, 0.1) is 6.10 Å². The third-order valence-corrected chi connectivity index (χ3v) is 3.10. The summed E-state index contributed by atoms with van der Waals surface area (Å²) in [5.41, 5.74) is 1.52. The maximum absolute atomic E-state index is 13.2. The van der Waals surface area contributed by atoms with Crippen LogP contribution >= 0.6 is 0 Å². The smallest absolute Gasteiger partial charge is 0.128 e. The number of aromatic nitrogens is 1. The predicted molar refractivity (Wildman–Crippen MR) is 63.6 cm³/mol. The van der Waals surface area contributed by atoms with E-state index in [1.807, 2.05) is 12.1 Å². The van der Waals surface area contributed by atoms with Crippen LogP contribution in [0.2, 0.25) is 0 Å². The predicted octanol–water partition coefficient (Wildman–Crippen LogP) is 2.78. The van der Waals surface area contributed by atoms with Crippen molar-refractivity contribution in [3.8, 4) is 5.75 Å². The Morgan fingerprint density at radius 2 is 2.22 bits per heavy atom. The Morgan fingerprint density at radius 1 is 1.33 bits per heavy atom. The van der Waals surface area contributed by atoms with Crippen molar-refractivity contribution in [1.82, 2.24) is 4.98 Å². The van der Waals surface area contributed by atoms with E-state index >= 15 is 0 Å². The largest absolute Gasteiger partial charge is 0.485 e. The van der Waals surface area contributed by atoms with Gasteiger partial charge in [0, 0.05) is 36.0 Å². The Hall–Kier alpha value is -1.94. The van der Waals surface area contributed by atoms with E-state index in [0.717, 1.165) is 5.56 Å². The molecule has 2 atom stereocenters. The highest BCUT2D eigenvalue weighted by atomic mass is 19.1. The lowest BCUT2D eigenvalue weighted by Crippen LogP contribution is -2.19. The summed E-state index contributed by atoms with van der Waals surface area (Å²) in [7, 11) is 0. The van der Waals surface area contributed by atoms with E-state index in [-0.39, 0.29) is 11.9 Å². The lowest BCUT2D eigenvalue weighted by atomic mass is 9.96. The highest BCUT2D eigenvalue weighted by Gasteiger charge is 2.28. The first-order valence-corrected chi connectivity index (χ1v) is 5.78. The molecule has 0 amide bonds. The molecule has 18 heavy (non-hydrogen) atoms. The van der Waals surface area contributed by atoms with Crippen molar-refractivity contribution < 1.29 is 14.2 Å². The maximum Gasteiger partial charge on any atom is 0.128 e. The lowest BCUT2D eigenvalue weighted by molar-refractivity contribution is 0.0652. The first kappa shape index (κ1) is 11.2. The second-order valence-corrected chi connectivity index (χ2v) is 4.33. The van der Waals surface area contributed by atoms with E-state index < -0.39 is 6.10 Å². The second-order valence-electron chi connectivity index (χ2n) is 4.33. The average Bonchev–Trinajstić information content (AvgIpc) is 2.39. The van der Waals surface area contributed by atoms with Crippen LogP contribution in [0, 0.1) is 5.82 Å². The van der Waals surface area contributed by atoms with Crippen molar-refractivity contribution in [2.75, 3.05) is 0 Å². The average molecular weight is 245 g/mol. The van der Waals surface area contributed by atoms with Crippen LogP contribution in [0.3, 0.4) is 0 Å². The van der Waals surface area contributed by atoms with Crippen LogP contribution in [0.4, 0.5) is 4.39 Å². The lowest BCUT2D eigenvalue weighted by Gasteiger charge is -2.29. The van der Waals surface area contributed by atoms with Gasteiger partial charge in [-0.3, -0.25) is 4.98 Å². The number of nitrogens with zero attached hydrogens (tertiary/aromatic N) is 1. The van der Waals surface area contributed by atoms with Crippen LogP contribution in [0.25, 0.3) is 0 Å². The van der Waals surface area contributed by atoms with Crippen LogP contribution in [0.15, 0.2) is 42.7 Å². The van der Waals surface area contributed by atoms with Gasteiger partial charge in [-0.05, 0) is 18.2 Å². The Morgan fingerprint density at radius 3 is 3.00 bits per heavy atom. The number of aliphatic hydroxyl groups is 1. The summed E-state index contributed by atoms with van der Waals surface area (Å²) >= 11 is 0. The van der Waals surface area contributed by atoms with Gasteiger partial charge in [-0.15, -0.1) is 0 Å². The van der Waals surface area contributed by atoms with Gasteiger partial charge in [0.25, 0.3) is 0 Å². The van der Waals surface area contributed by atoms with Crippen LogP contribution in [-0.4, -0.2) is 10.1 Å². The van der Waals surface area contributed by atoms with Gasteiger partial charge in [0.15, 0.2) is 0 Å². The molecule has 1 aliphatic rings. The van der Waals surface area contributed by atoms with Gasteiger partial charge in [0.1, 0.15) is 17.7 Å². The molecule has 1 N–H and O–H groups in total. The number of fused-ring (bicyclic) bond motifs is 1. The molecule has 2 heterocycles. The fraction of sp³-hybridized carbons (Fsp3) is 0.214. The molecule has 3 rings (SSSR count). The highest BCUT2D eigenvalue weighted by molar-refractivity contribution is 5.38. The molecule has 3 nitrogen and oxygen atoms in total. The Labute approximate surface area is 104 Å². The van der Waals surface area contributed by atoms with E-state index in [4.69, 9.17) is 4.74 Å². The summed E-state index contributed by atoms with van der Waals surface area (Å²) in [6.45, 7) is 0. The molecule has 2 aromatic rings. The SMILES string of the molecule is OC1CC(c2cccnc2)Oc2cc(F)ccc21. The molecule has 0 radical (unpaired) electrons. The van der Waals surface area contributed by atoms with Crippen molar-refractivity contribution in [3.63, 3.8) is 0 Å². The van der Waals surface area contributed by atoms with Gasteiger partial charge in [-0.2, -0.15) is 0 Å². The molecular weight excluding hydrogens is 233 g/mol. The number of ether oxygens (including phenoxy) is 1. The first-order chi connectivity index (χ1) is 8.74. The number of benzene rings is 1.